The maximum Gasteiger partial charge on any atom is 0.150 e. The van der Waals surface area contributed by atoms with E-state index in [1.165, 1.54) is 12.1 Å². The molecule has 1 aliphatic heterocycles. The molecule has 0 atom stereocenters. The van der Waals surface area contributed by atoms with Gasteiger partial charge in [0.15, 0.2) is 5.82 Å². The topological polar surface area (TPSA) is 70.5 Å². The second kappa shape index (κ2) is 7.91. The second-order valence-electron chi connectivity index (χ2n) is 7.83. The average molecular weight is 408 g/mol. The monoisotopic (exact) mass is 408 g/mol. The molecule has 0 spiro atoms. The van der Waals surface area contributed by atoms with Crippen molar-refractivity contribution in [1.29, 1.82) is 0 Å². The number of nitrogens with zero attached hydrogens (tertiary/aromatic N) is 3. The first-order valence-electron chi connectivity index (χ1n) is 9.89. The highest BCUT2D eigenvalue weighted by Gasteiger charge is 2.28. The number of ether oxygens (including phenoxy) is 1. The summed E-state index contributed by atoms with van der Waals surface area (Å²) in [5.41, 5.74) is 2.09. The molecule has 1 saturated heterocycles. The minimum atomic E-state index is -0.625. The van der Waals surface area contributed by atoms with E-state index in [0.29, 0.717) is 54.4 Å². The molecule has 6 nitrogen and oxygen atoms in total. The van der Waals surface area contributed by atoms with Crippen LogP contribution >= 0.6 is 0 Å². The number of anilines is 1. The van der Waals surface area contributed by atoms with Gasteiger partial charge in [-0.25, -0.2) is 14.4 Å². The van der Waals surface area contributed by atoms with Gasteiger partial charge >= 0.3 is 0 Å². The molecular weight excluding hydrogens is 383 g/mol. The van der Waals surface area contributed by atoms with Crippen molar-refractivity contribution < 1.29 is 14.2 Å². The third-order valence-corrected chi connectivity index (χ3v) is 5.51. The van der Waals surface area contributed by atoms with Crippen molar-refractivity contribution in [3.8, 4) is 16.9 Å². The largest absolute Gasteiger partial charge is 0.494 e. The predicted octanol–water partition coefficient (Wildman–Crippen LogP) is 4.17. The quantitative estimate of drug-likeness (QED) is 0.660. The fourth-order valence-electron chi connectivity index (χ4n) is 3.67. The number of halogens is 1. The van der Waals surface area contributed by atoms with Gasteiger partial charge in [-0.15, -0.1) is 0 Å². The van der Waals surface area contributed by atoms with E-state index in [1.54, 1.807) is 19.4 Å². The molecular formula is C23H25FN4O2. The summed E-state index contributed by atoms with van der Waals surface area (Å²) in [6.45, 7) is 7.40. The van der Waals surface area contributed by atoms with E-state index < -0.39 is 5.60 Å². The Morgan fingerprint density at radius 1 is 1.23 bits per heavy atom. The molecule has 0 saturated carbocycles. The third-order valence-electron chi connectivity index (χ3n) is 5.51. The number of rotatable bonds is 5. The van der Waals surface area contributed by atoms with Crippen LogP contribution in [0.15, 0.2) is 55.0 Å². The Balaban J connectivity index is 1.64. The molecule has 30 heavy (non-hydrogen) atoms. The molecule has 1 aromatic heterocycles. The number of nitrogens with one attached hydrogen (secondary N) is 1. The van der Waals surface area contributed by atoms with Crippen LogP contribution in [0.25, 0.3) is 22.2 Å². The van der Waals surface area contributed by atoms with Gasteiger partial charge in [0.1, 0.15) is 22.6 Å². The van der Waals surface area contributed by atoms with Crippen LogP contribution in [0.5, 0.6) is 5.75 Å². The Morgan fingerprint density at radius 2 is 2.00 bits per heavy atom. The Morgan fingerprint density at radius 3 is 2.70 bits per heavy atom. The van der Waals surface area contributed by atoms with E-state index in [-0.39, 0.29) is 5.82 Å². The lowest BCUT2D eigenvalue weighted by molar-refractivity contribution is 0.00326. The van der Waals surface area contributed by atoms with Crippen LogP contribution in [0.3, 0.4) is 0 Å². The van der Waals surface area contributed by atoms with Crippen LogP contribution in [0, 0.1) is 5.82 Å². The summed E-state index contributed by atoms with van der Waals surface area (Å²) in [5, 5.41) is 13.4. The van der Waals surface area contributed by atoms with E-state index in [4.69, 9.17) is 4.74 Å². The van der Waals surface area contributed by atoms with Gasteiger partial charge in [0.25, 0.3) is 0 Å². The Labute approximate surface area is 175 Å². The lowest BCUT2D eigenvalue weighted by atomic mass is 9.94. The van der Waals surface area contributed by atoms with E-state index >= 15 is 0 Å². The third kappa shape index (κ3) is 4.07. The number of likely N-dealkylation sites (tertiary alicyclic amines) is 1. The molecule has 2 heterocycles. The number of hydrogen-bond acceptors (Lipinski definition) is 6. The fourth-order valence-corrected chi connectivity index (χ4v) is 3.67. The van der Waals surface area contributed by atoms with Gasteiger partial charge in [0, 0.05) is 18.7 Å². The maximum absolute atomic E-state index is 13.7. The number of benzene rings is 2. The zero-order valence-electron chi connectivity index (χ0n) is 17.2. The summed E-state index contributed by atoms with van der Waals surface area (Å²) in [5.74, 6) is 1.53. The second-order valence-corrected chi connectivity index (χ2v) is 7.83. The summed E-state index contributed by atoms with van der Waals surface area (Å²) in [6.07, 6.45) is 3.00. The Hall–Kier alpha value is -3.19. The van der Waals surface area contributed by atoms with Crippen LogP contribution in [0.1, 0.15) is 19.8 Å². The summed E-state index contributed by atoms with van der Waals surface area (Å²) in [4.78, 5) is 11.4. The molecule has 0 radical (unpaired) electrons. The minimum absolute atomic E-state index is 0.306. The molecule has 2 N–H and O–H groups in total. The van der Waals surface area contributed by atoms with Crippen LogP contribution in [-0.2, 0) is 0 Å². The molecule has 0 unspecified atom stereocenters. The van der Waals surface area contributed by atoms with E-state index in [2.05, 4.69) is 26.8 Å². The number of methoxy groups -OCH3 is 1. The van der Waals surface area contributed by atoms with Crippen molar-refractivity contribution in [2.75, 3.05) is 25.5 Å². The number of fused-ring (bicyclic) bond motifs is 1. The lowest BCUT2D eigenvalue weighted by Gasteiger charge is -2.37. The molecule has 1 aliphatic rings. The molecule has 3 aromatic rings. The highest BCUT2D eigenvalue weighted by atomic mass is 19.1. The maximum atomic E-state index is 13.7. The smallest absolute Gasteiger partial charge is 0.150 e. The van der Waals surface area contributed by atoms with E-state index in [0.717, 1.165) is 11.1 Å². The molecule has 0 bridgehead atoms. The number of aliphatic hydroxyl groups is 1. The van der Waals surface area contributed by atoms with Gasteiger partial charge in [-0.2, -0.15) is 0 Å². The standard InChI is InChI=1S/C23H25FN4O2/c1-15(28-11-9-23(2,29)10-12-28)26-20-14-25-21-18(16-5-4-6-17(24)13-16)7-8-19(30-3)22(21)27-20/h4-8,13-14,29H,1,9-12H2,2-3H3,(H,26,27). The van der Waals surface area contributed by atoms with Crippen molar-refractivity contribution >= 4 is 16.9 Å². The molecule has 2 aromatic carbocycles. The first-order valence-corrected chi connectivity index (χ1v) is 9.89. The molecule has 1 fully saturated rings. The zero-order chi connectivity index (χ0) is 21.3. The molecule has 156 valence electrons. The summed E-state index contributed by atoms with van der Waals surface area (Å²) in [7, 11) is 1.58. The number of piperidine rings is 1. The highest BCUT2D eigenvalue weighted by Crippen LogP contribution is 2.33. The molecule has 7 heteroatoms. The van der Waals surface area contributed by atoms with Crippen LogP contribution < -0.4 is 10.1 Å². The van der Waals surface area contributed by atoms with Crippen molar-refractivity contribution in [3.05, 3.63) is 60.8 Å². The minimum Gasteiger partial charge on any atom is -0.494 e. The van der Waals surface area contributed by atoms with Crippen molar-refractivity contribution in [2.24, 2.45) is 0 Å². The van der Waals surface area contributed by atoms with Gasteiger partial charge in [0.2, 0.25) is 0 Å². The highest BCUT2D eigenvalue weighted by molar-refractivity contribution is 5.95. The molecule has 0 aliphatic carbocycles. The summed E-state index contributed by atoms with van der Waals surface area (Å²) < 4.78 is 19.2. The molecule has 4 rings (SSSR count). The molecule has 0 amide bonds. The van der Waals surface area contributed by atoms with E-state index in [9.17, 15) is 9.50 Å². The Bertz CT molecular complexity index is 1090. The van der Waals surface area contributed by atoms with Crippen LogP contribution in [0.4, 0.5) is 10.2 Å². The summed E-state index contributed by atoms with van der Waals surface area (Å²) >= 11 is 0. The fraction of sp³-hybridized carbons (Fsp3) is 0.304. The van der Waals surface area contributed by atoms with Crippen molar-refractivity contribution in [1.82, 2.24) is 14.9 Å². The van der Waals surface area contributed by atoms with Crippen molar-refractivity contribution in [3.63, 3.8) is 0 Å². The number of aromatic nitrogens is 2. The van der Waals surface area contributed by atoms with Gasteiger partial charge in [-0.3, -0.25) is 0 Å². The average Bonchev–Trinajstić information content (AvgIpc) is 2.72. The summed E-state index contributed by atoms with van der Waals surface area (Å²) in [6, 6.07) is 10.1. The van der Waals surface area contributed by atoms with Gasteiger partial charge in [0.05, 0.1) is 24.7 Å². The van der Waals surface area contributed by atoms with Crippen molar-refractivity contribution in [2.45, 2.75) is 25.4 Å². The zero-order valence-corrected chi connectivity index (χ0v) is 17.2. The van der Waals surface area contributed by atoms with Gasteiger partial charge < -0.3 is 20.1 Å². The van der Waals surface area contributed by atoms with Crippen LogP contribution in [-0.4, -0.2) is 45.8 Å². The first-order chi connectivity index (χ1) is 14.4. The van der Waals surface area contributed by atoms with Crippen LogP contribution in [0.2, 0.25) is 0 Å². The van der Waals surface area contributed by atoms with E-state index in [1.807, 2.05) is 25.1 Å². The first kappa shape index (κ1) is 20.1. The van der Waals surface area contributed by atoms with Gasteiger partial charge in [-0.1, -0.05) is 18.7 Å². The normalized spacial score (nSPS) is 15.8. The predicted molar refractivity (Wildman–Crippen MR) is 116 cm³/mol. The lowest BCUT2D eigenvalue weighted by Crippen LogP contribution is -2.42. The SMILES string of the molecule is C=C(Nc1cnc2c(-c3cccc(F)c3)ccc(OC)c2n1)N1CCC(C)(O)CC1. The number of hydrogen-bond donors (Lipinski definition) is 2. The Kier molecular flexibility index (Phi) is 5.30. The van der Waals surface area contributed by atoms with Gasteiger partial charge in [-0.05, 0) is 49.6 Å².